The molecule has 0 saturated carbocycles. The van der Waals surface area contributed by atoms with Gasteiger partial charge in [-0.15, -0.1) is 0 Å². The maximum Gasteiger partial charge on any atom is 0.162 e. The first-order valence-corrected chi connectivity index (χ1v) is 5.60. The normalized spacial score (nSPS) is 12.7. The van der Waals surface area contributed by atoms with Crippen molar-refractivity contribution in [3.63, 3.8) is 0 Å². The predicted molar refractivity (Wildman–Crippen MR) is 63.0 cm³/mol. The highest BCUT2D eigenvalue weighted by Crippen LogP contribution is 2.22. The van der Waals surface area contributed by atoms with Crippen molar-refractivity contribution < 1.29 is 13.9 Å². The summed E-state index contributed by atoms with van der Waals surface area (Å²) in [4.78, 5) is 0. The van der Waals surface area contributed by atoms with Gasteiger partial charge in [0.05, 0.1) is 11.8 Å². The van der Waals surface area contributed by atoms with Crippen LogP contribution in [0.3, 0.4) is 0 Å². The number of nitrogens with zero attached hydrogens (tertiary/aromatic N) is 2. The van der Waals surface area contributed by atoms with E-state index in [1.54, 1.807) is 24.9 Å². The largest absolute Gasteiger partial charge is 0.388 e. The van der Waals surface area contributed by atoms with Crippen molar-refractivity contribution in [3.05, 3.63) is 52.9 Å². The van der Waals surface area contributed by atoms with Crippen LogP contribution >= 0.6 is 0 Å². The van der Waals surface area contributed by atoms with Gasteiger partial charge >= 0.3 is 0 Å². The molecule has 3 nitrogen and oxygen atoms in total. The molecule has 5 heteroatoms. The zero-order valence-electron chi connectivity index (χ0n) is 10.2. The van der Waals surface area contributed by atoms with E-state index in [-0.39, 0.29) is 12.0 Å². The highest BCUT2D eigenvalue weighted by atomic mass is 19.2. The van der Waals surface area contributed by atoms with Crippen molar-refractivity contribution in [2.75, 3.05) is 0 Å². The Balaban J connectivity index is 2.24. The second-order valence-electron chi connectivity index (χ2n) is 4.28. The summed E-state index contributed by atoms with van der Waals surface area (Å²) in [5, 5.41) is 14.1. The van der Waals surface area contributed by atoms with Crippen molar-refractivity contribution >= 4 is 0 Å². The lowest BCUT2D eigenvalue weighted by atomic mass is 10.0. The standard InChI is InChI=1S/C13H14F2N2O/c1-8-10(7-17(2)16-8)12(18)6-9-4-3-5-11(14)13(9)15/h3-5,7,12,18H,6H2,1-2H3. The number of aliphatic hydroxyl groups is 1. The zero-order valence-corrected chi connectivity index (χ0v) is 10.2. The lowest BCUT2D eigenvalue weighted by Gasteiger charge is -2.10. The van der Waals surface area contributed by atoms with Crippen LogP contribution in [-0.2, 0) is 13.5 Å². The fourth-order valence-electron chi connectivity index (χ4n) is 1.97. The number of aliphatic hydroxyl groups excluding tert-OH is 1. The van der Waals surface area contributed by atoms with Gasteiger partial charge in [0.15, 0.2) is 11.6 Å². The van der Waals surface area contributed by atoms with Crippen LogP contribution in [0.1, 0.15) is 22.9 Å². The summed E-state index contributed by atoms with van der Waals surface area (Å²) in [6, 6.07) is 3.95. The fourth-order valence-corrected chi connectivity index (χ4v) is 1.97. The molecule has 0 spiro atoms. The minimum absolute atomic E-state index is 0.0239. The monoisotopic (exact) mass is 252 g/mol. The predicted octanol–water partition coefficient (Wildman–Crippen LogP) is 2.28. The molecule has 2 aromatic rings. The SMILES string of the molecule is Cc1nn(C)cc1C(O)Cc1cccc(F)c1F. The van der Waals surface area contributed by atoms with Gasteiger partial charge in [-0.3, -0.25) is 4.68 Å². The van der Waals surface area contributed by atoms with Gasteiger partial charge in [-0.25, -0.2) is 8.78 Å². The molecule has 1 aromatic heterocycles. The topological polar surface area (TPSA) is 38.0 Å². The Bertz CT molecular complexity index is 566. The molecule has 0 aliphatic heterocycles. The molecule has 0 amide bonds. The van der Waals surface area contributed by atoms with Crippen molar-refractivity contribution in [1.29, 1.82) is 0 Å². The molecule has 1 N–H and O–H groups in total. The molecule has 0 fully saturated rings. The second-order valence-corrected chi connectivity index (χ2v) is 4.28. The molecule has 18 heavy (non-hydrogen) atoms. The first-order valence-electron chi connectivity index (χ1n) is 5.60. The molecule has 1 heterocycles. The van der Waals surface area contributed by atoms with Crippen LogP contribution in [0.2, 0.25) is 0 Å². The third-order valence-electron chi connectivity index (χ3n) is 2.86. The van der Waals surface area contributed by atoms with E-state index in [9.17, 15) is 13.9 Å². The van der Waals surface area contributed by atoms with Crippen LogP contribution in [0.15, 0.2) is 24.4 Å². The lowest BCUT2D eigenvalue weighted by molar-refractivity contribution is 0.176. The summed E-state index contributed by atoms with van der Waals surface area (Å²) < 4.78 is 28.1. The number of hydrogen-bond acceptors (Lipinski definition) is 2. The summed E-state index contributed by atoms with van der Waals surface area (Å²) in [5.74, 6) is -1.80. The Hall–Kier alpha value is -1.75. The number of benzene rings is 1. The van der Waals surface area contributed by atoms with Gasteiger partial charge < -0.3 is 5.11 Å². The van der Waals surface area contributed by atoms with Gasteiger partial charge in [0.2, 0.25) is 0 Å². The number of halogens is 2. The van der Waals surface area contributed by atoms with Crippen LogP contribution in [0.5, 0.6) is 0 Å². The Morgan fingerprint density at radius 2 is 2.11 bits per heavy atom. The average Bonchev–Trinajstić information content (AvgIpc) is 2.64. The summed E-state index contributed by atoms with van der Waals surface area (Å²) in [6.07, 6.45) is 0.808. The highest BCUT2D eigenvalue weighted by molar-refractivity contribution is 5.24. The molecule has 1 unspecified atom stereocenters. The first-order chi connectivity index (χ1) is 8.49. The van der Waals surface area contributed by atoms with Crippen LogP contribution in [0.4, 0.5) is 8.78 Å². The maximum atomic E-state index is 13.5. The van der Waals surface area contributed by atoms with E-state index in [2.05, 4.69) is 5.10 Å². The second kappa shape index (κ2) is 4.86. The Kier molecular flexibility index (Phi) is 3.43. The molecule has 0 aliphatic carbocycles. The Morgan fingerprint density at radius 1 is 1.39 bits per heavy atom. The molecule has 0 aliphatic rings. The molecule has 96 valence electrons. The van der Waals surface area contributed by atoms with Crippen molar-refractivity contribution in [2.45, 2.75) is 19.4 Å². The van der Waals surface area contributed by atoms with Crippen LogP contribution in [0, 0.1) is 18.6 Å². The summed E-state index contributed by atoms with van der Waals surface area (Å²) in [7, 11) is 1.74. The Labute approximate surface area is 104 Å². The molecule has 0 saturated heterocycles. The summed E-state index contributed by atoms with van der Waals surface area (Å²) in [5.41, 5.74) is 1.47. The van der Waals surface area contributed by atoms with Gasteiger partial charge in [0.25, 0.3) is 0 Å². The van der Waals surface area contributed by atoms with E-state index < -0.39 is 17.7 Å². The third kappa shape index (κ3) is 2.41. The smallest absolute Gasteiger partial charge is 0.162 e. The molecular formula is C13H14F2N2O. The first kappa shape index (κ1) is 12.7. The minimum atomic E-state index is -0.905. The van der Waals surface area contributed by atoms with E-state index in [1.807, 2.05) is 0 Å². The van der Waals surface area contributed by atoms with Crippen molar-refractivity contribution in [3.8, 4) is 0 Å². The van der Waals surface area contributed by atoms with Crippen LogP contribution in [0.25, 0.3) is 0 Å². The lowest BCUT2D eigenvalue weighted by Crippen LogP contribution is -2.05. The highest BCUT2D eigenvalue weighted by Gasteiger charge is 2.17. The van der Waals surface area contributed by atoms with Gasteiger partial charge in [-0.1, -0.05) is 12.1 Å². The van der Waals surface area contributed by atoms with Crippen LogP contribution < -0.4 is 0 Å². The summed E-state index contributed by atoms with van der Waals surface area (Å²) >= 11 is 0. The number of rotatable bonds is 3. The Morgan fingerprint density at radius 3 is 2.72 bits per heavy atom. The average molecular weight is 252 g/mol. The van der Waals surface area contributed by atoms with Gasteiger partial charge in [0, 0.05) is 25.2 Å². The van der Waals surface area contributed by atoms with E-state index in [1.165, 1.54) is 12.1 Å². The minimum Gasteiger partial charge on any atom is -0.388 e. The van der Waals surface area contributed by atoms with Gasteiger partial charge in [0.1, 0.15) is 0 Å². The molecule has 0 radical (unpaired) electrons. The third-order valence-corrected chi connectivity index (χ3v) is 2.86. The van der Waals surface area contributed by atoms with Gasteiger partial charge in [-0.05, 0) is 18.6 Å². The van der Waals surface area contributed by atoms with E-state index in [0.717, 1.165) is 6.07 Å². The molecule has 2 rings (SSSR count). The maximum absolute atomic E-state index is 13.5. The van der Waals surface area contributed by atoms with E-state index in [4.69, 9.17) is 0 Å². The summed E-state index contributed by atoms with van der Waals surface area (Å²) in [6.45, 7) is 1.76. The molecule has 1 aromatic carbocycles. The fraction of sp³-hybridized carbons (Fsp3) is 0.308. The number of aromatic nitrogens is 2. The van der Waals surface area contributed by atoms with Crippen molar-refractivity contribution in [2.24, 2.45) is 7.05 Å². The zero-order chi connectivity index (χ0) is 13.3. The van der Waals surface area contributed by atoms with E-state index in [0.29, 0.717) is 11.3 Å². The molecule has 1 atom stereocenters. The molecular weight excluding hydrogens is 238 g/mol. The van der Waals surface area contributed by atoms with Crippen LogP contribution in [-0.4, -0.2) is 14.9 Å². The number of hydrogen-bond donors (Lipinski definition) is 1. The van der Waals surface area contributed by atoms with E-state index >= 15 is 0 Å². The quantitative estimate of drug-likeness (QED) is 0.910. The number of aryl methyl sites for hydroxylation is 2. The molecule has 0 bridgehead atoms. The van der Waals surface area contributed by atoms with Gasteiger partial charge in [-0.2, -0.15) is 5.10 Å². The van der Waals surface area contributed by atoms with Crippen molar-refractivity contribution in [1.82, 2.24) is 9.78 Å².